The summed E-state index contributed by atoms with van der Waals surface area (Å²) in [6.45, 7) is 9.04. The van der Waals surface area contributed by atoms with E-state index in [1.807, 2.05) is 13.0 Å². The van der Waals surface area contributed by atoms with Crippen LogP contribution in [-0.2, 0) is 9.59 Å². The molecule has 0 bridgehead atoms. The van der Waals surface area contributed by atoms with Crippen molar-refractivity contribution in [2.75, 3.05) is 0 Å². The Balaban J connectivity index is 1.64. The van der Waals surface area contributed by atoms with E-state index in [0.29, 0.717) is 29.5 Å². The molecule has 0 aromatic carbocycles. The molecule has 0 aromatic rings. The van der Waals surface area contributed by atoms with Gasteiger partial charge in [0.1, 0.15) is 0 Å². The van der Waals surface area contributed by atoms with E-state index in [9.17, 15) is 14.7 Å². The van der Waals surface area contributed by atoms with E-state index in [0.717, 1.165) is 56.9 Å². The Morgan fingerprint density at radius 2 is 1.80 bits per heavy atom. The summed E-state index contributed by atoms with van der Waals surface area (Å²) < 4.78 is 0. The minimum atomic E-state index is -0.705. The van der Waals surface area contributed by atoms with Gasteiger partial charge in [-0.3, -0.25) is 9.59 Å². The van der Waals surface area contributed by atoms with Gasteiger partial charge in [0, 0.05) is 12.3 Å². The lowest BCUT2D eigenvalue weighted by Crippen LogP contribution is -2.58. The zero-order valence-corrected chi connectivity index (χ0v) is 19.2. The number of rotatable bonds is 4. The Bertz CT molecular complexity index is 741. The van der Waals surface area contributed by atoms with Gasteiger partial charge in [-0.05, 0) is 104 Å². The third-order valence-electron chi connectivity index (χ3n) is 10.3. The third-order valence-corrected chi connectivity index (χ3v) is 10.3. The van der Waals surface area contributed by atoms with E-state index in [4.69, 9.17) is 5.11 Å². The number of aliphatic hydroxyl groups is 1. The summed E-state index contributed by atoms with van der Waals surface area (Å²) in [6, 6.07) is 0. The molecule has 0 aromatic heterocycles. The first-order chi connectivity index (χ1) is 14.1. The molecule has 168 valence electrons. The van der Waals surface area contributed by atoms with Gasteiger partial charge in [-0.1, -0.05) is 26.8 Å². The summed E-state index contributed by atoms with van der Waals surface area (Å²) in [5.74, 6) is 1.74. The third kappa shape index (κ3) is 3.20. The van der Waals surface area contributed by atoms with Crippen molar-refractivity contribution in [3.8, 4) is 0 Å². The fourth-order valence-electron chi connectivity index (χ4n) is 8.72. The quantitative estimate of drug-likeness (QED) is 0.614. The first-order valence-corrected chi connectivity index (χ1v) is 12.2. The number of aliphatic carboxylic acids is 1. The second-order valence-electron chi connectivity index (χ2n) is 11.5. The van der Waals surface area contributed by atoms with E-state index < -0.39 is 5.97 Å². The highest BCUT2D eigenvalue weighted by molar-refractivity contribution is 5.99. The van der Waals surface area contributed by atoms with Crippen molar-refractivity contribution in [1.29, 1.82) is 0 Å². The van der Waals surface area contributed by atoms with Crippen molar-refractivity contribution in [2.45, 2.75) is 91.6 Å². The number of hydrogen-bond acceptors (Lipinski definition) is 3. The lowest BCUT2D eigenvalue weighted by atomic mass is 9.43. The van der Waals surface area contributed by atoms with E-state index in [1.165, 1.54) is 0 Å². The summed E-state index contributed by atoms with van der Waals surface area (Å²) in [6.07, 6.45) is 9.86. The number of Topliss-reactive ketones (excluding diaryl/α,β-unsaturated/α-hetero) is 1. The molecule has 0 radical (unpaired) electrons. The Hall–Kier alpha value is -1.16. The normalized spacial score (nSPS) is 48.0. The molecule has 6 unspecified atom stereocenters. The summed E-state index contributed by atoms with van der Waals surface area (Å²) in [5.41, 5.74) is 1.25. The predicted octanol–water partition coefficient (Wildman–Crippen LogP) is 5.24. The maximum absolute atomic E-state index is 13.8. The smallest absolute Gasteiger partial charge is 0.303 e. The lowest BCUT2D eigenvalue weighted by molar-refractivity contribution is -0.150. The molecular formula is C26H40O4. The molecule has 4 heteroatoms. The molecule has 0 aliphatic heterocycles. The predicted molar refractivity (Wildman–Crippen MR) is 117 cm³/mol. The van der Waals surface area contributed by atoms with Crippen LogP contribution in [0.3, 0.4) is 0 Å². The number of carboxylic acid groups (broad SMARTS) is 1. The van der Waals surface area contributed by atoms with Gasteiger partial charge in [-0.2, -0.15) is 0 Å². The fourth-order valence-corrected chi connectivity index (χ4v) is 8.72. The van der Waals surface area contributed by atoms with E-state index >= 15 is 0 Å². The highest BCUT2D eigenvalue weighted by Crippen LogP contribution is 2.68. The van der Waals surface area contributed by atoms with Crippen molar-refractivity contribution < 1.29 is 19.8 Å². The van der Waals surface area contributed by atoms with Crippen LogP contribution in [-0.4, -0.2) is 28.1 Å². The number of carboxylic acids is 1. The summed E-state index contributed by atoms with van der Waals surface area (Å²) >= 11 is 0. The number of ketones is 1. The minimum absolute atomic E-state index is 0.114. The highest BCUT2D eigenvalue weighted by Gasteiger charge is 2.64. The second kappa shape index (κ2) is 7.76. The molecule has 2 N–H and O–H groups in total. The van der Waals surface area contributed by atoms with Gasteiger partial charge in [0.05, 0.1) is 6.10 Å². The molecule has 4 aliphatic carbocycles. The maximum atomic E-state index is 13.8. The topological polar surface area (TPSA) is 74.6 Å². The molecule has 0 spiro atoms. The van der Waals surface area contributed by atoms with Crippen molar-refractivity contribution >= 4 is 11.8 Å². The summed E-state index contributed by atoms with van der Waals surface area (Å²) in [5, 5.41) is 19.5. The van der Waals surface area contributed by atoms with Crippen LogP contribution in [0.1, 0.15) is 85.5 Å². The van der Waals surface area contributed by atoms with Crippen molar-refractivity contribution in [3.05, 3.63) is 11.6 Å². The van der Waals surface area contributed by atoms with Crippen LogP contribution >= 0.6 is 0 Å². The molecule has 0 saturated heterocycles. The Morgan fingerprint density at radius 3 is 2.47 bits per heavy atom. The molecule has 4 nitrogen and oxygen atoms in total. The summed E-state index contributed by atoms with van der Waals surface area (Å²) in [7, 11) is 0. The molecule has 4 fully saturated rings. The van der Waals surface area contributed by atoms with Gasteiger partial charge in [0.15, 0.2) is 5.78 Å². The van der Waals surface area contributed by atoms with Gasteiger partial charge >= 0.3 is 5.97 Å². The van der Waals surface area contributed by atoms with Crippen LogP contribution in [0.15, 0.2) is 11.6 Å². The standard InChI is InChI=1S/C26H40O4/c1-5-17-21-14-16(27)10-12-26(21,4)20-11-13-25(3)18(15(2)6-9-22(28)29)7-8-19(25)23(20)24(17)30/h5,15-16,18-21,23,27H,6-14H2,1-4H3,(H,28,29)/b17-5+/t15-,16-,18?,19?,20?,21?,23?,25?,26-/m1/s1. The SMILES string of the molecule is C/C=C1/C(=O)C2C3CCC([C@H](C)CCC(=O)O)C3(C)CCC2[C@@]2(C)CC[C@@H](O)CC12. The van der Waals surface area contributed by atoms with Gasteiger partial charge in [0.25, 0.3) is 0 Å². The van der Waals surface area contributed by atoms with Crippen LogP contribution in [0.5, 0.6) is 0 Å². The highest BCUT2D eigenvalue weighted by atomic mass is 16.4. The van der Waals surface area contributed by atoms with Crippen molar-refractivity contribution in [3.63, 3.8) is 0 Å². The van der Waals surface area contributed by atoms with E-state index in [-0.39, 0.29) is 35.2 Å². The van der Waals surface area contributed by atoms with Gasteiger partial charge in [0.2, 0.25) is 0 Å². The number of aliphatic hydroxyl groups excluding tert-OH is 1. The average molecular weight is 417 g/mol. The van der Waals surface area contributed by atoms with E-state index in [1.54, 1.807) is 0 Å². The monoisotopic (exact) mass is 416 g/mol. The zero-order valence-electron chi connectivity index (χ0n) is 19.2. The lowest BCUT2D eigenvalue weighted by Gasteiger charge is -2.61. The maximum Gasteiger partial charge on any atom is 0.303 e. The van der Waals surface area contributed by atoms with Crippen LogP contribution in [0.2, 0.25) is 0 Å². The first kappa shape index (κ1) is 22.0. The molecule has 30 heavy (non-hydrogen) atoms. The Morgan fingerprint density at radius 1 is 1.13 bits per heavy atom. The largest absolute Gasteiger partial charge is 0.481 e. The molecule has 9 atom stereocenters. The van der Waals surface area contributed by atoms with Crippen molar-refractivity contribution in [1.82, 2.24) is 0 Å². The molecule has 4 saturated carbocycles. The molecule has 4 aliphatic rings. The van der Waals surface area contributed by atoms with Gasteiger partial charge in [-0.25, -0.2) is 0 Å². The van der Waals surface area contributed by atoms with E-state index in [2.05, 4.69) is 20.8 Å². The molecular weight excluding hydrogens is 376 g/mol. The van der Waals surface area contributed by atoms with Crippen LogP contribution in [0.4, 0.5) is 0 Å². The molecule has 0 amide bonds. The molecule has 4 rings (SSSR count). The summed E-state index contributed by atoms with van der Waals surface area (Å²) in [4.78, 5) is 24.9. The number of carbonyl (C=O) groups excluding carboxylic acids is 1. The van der Waals surface area contributed by atoms with Crippen LogP contribution < -0.4 is 0 Å². The number of hydrogen-bond donors (Lipinski definition) is 2. The van der Waals surface area contributed by atoms with Crippen LogP contribution in [0, 0.1) is 46.3 Å². The second-order valence-corrected chi connectivity index (χ2v) is 11.5. The molecule has 0 heterocycles. The fraction of sp³-hybridized carbons (Fsp3) is 0.846. The Kier molecular flexibility index (Phi) is 5.70. The average Bonchev–Trinajstić information content (AvgIpc) is 3.05. The number of allylic oxidation sites excluding steroid dienone is 2. The number of fused-ring (bicyclic) bond motifs is 5. The van der Waals surface area contributed by atoms with Crippen molar-refractivity contribution in [2.24, 2.45) is 46.3 Å². The number of carbonyl (C=O) groups is 2. The minimum Gasteiger partial charge on any atom is -0.481 e. The first-order valence-electron chi connectivity index (χ1n) is 12.2. The van der Waals surface area contributed by atoms with Gasteiger partial charge in [-0.15, -0.1) is 0 Å². The van der Waals surface area contributed by atoms with Gasteiger partial charge < -0.3 is 10.2 Å². The van der Waals surface area contributed by atoms with Crippen LogP contribution in [0.25, 0.3) is 0 Å². The zero-order chi connectivity index (χ0) is 21.8. The Labute approximate surface area is 181 Å².